The molecule has 1 amide bonds. The Balaban J connectivity index is 2.29. The Morgan fingerprint density at radius 3 is 3.00 bits per heavy atom. The van der Waals surface area contributed by atoms with Crippen molar-refractivity contribution in [3.63, 3.8) is 0 Å². The molecule has 6 heteroatoms. The van der Waals surface area contributed by atoms with Crippen LogP contribution in [0.2, 0.25) is 0 Å². The molecule has 1 aromatic carbocycles. The highest BCUT2D eigenvalue weighted by molar-refractivity contribution is 5.95. The normalized spacial score (nSPS) is 17.9. The first-order valence-corrected chi connectivity index (χ1v) is 7.45. The molecule has 6 nitrogen and oxygen atoms in total. The zero-order chi connectivity index (χ0) is 16.1. The van der Waals surface area contributed by atoms with E-state index >= 15 is 0 Å². The van der Waals surface area contributed by atoms with Gasteiger partial charge in [-0.05, 0) is 30.9 Å². The fourth-order valence-electron chi connectivity index (χ4n) is 2.75. The largest absolute Gasteiger partial charge is 0.366 e. The van der Waals surface area contributed by atoms with Crippen LogP contribution in [0.25, 0.3) is 0 Å². The van der Waals surface area contributed by atoms with Gasteiger partial charge in [0, 0.05) is 31.3 Å². The molecule has 0 bridgehead atoms. The highest BCUT2D eigenvalue weighted by atomic mass is 16.6. The van der Waals surface area contributed by atoms with Crippen molar-refractivity contribution >= 4 is 17.3 Å². The number of hydrogen-bond acceptors (Lipinski definition) is 4. The predicted octanol–water partition coefficient (Wildman–Crippen LogP) is 2.75. The number of carbonyl (C=O) groups is 1. The summed E-state index contributed by atoms with van der Waals surface area (Å²) in [6, 6.07) is 4.67. The molecule has 22 heavy (non-hydrogen) atoms. The Kier molecular flexibility index (Phi) is 5.14. The van der Waals surface area contributed by atoms with Crippen LogP contribution in [0.4, 0.5) is 11.4 Å². The molecule has 0 aliphatic carbocycles. The fraction of sp³-hybridized carbons (Fsp3) is 0.438. The number of nitro groups is 1. The van der Waals surface area contributed by atoms with E-state index in [1.54, 1.807) is 18.2 Å². The van der Waals surface area contributed by atoms with Gasteiger partial charge in [-0.2, -0.15) is 0 Å². The first-order valence-electron chi connectivity index (χ1n) is 7.45. The van der Waals surface area contributed by atoms with Crippen LogP contribution in [-0.4, -0.2) is 30.5 Å². The van der Waals surface area contributed by atoms with Crippen molar-refractivity contribution in [2.75, 3.05) is 24.5 Å². The molecule has 0 spiro atoms. The average Bonchev–Trinajstić information content (AvgIpc) is 2.52. The van der Waals surface area contributed by atoms with Gasteiger partial charge < -0.3 is 10.2 Å². The summed E-state index contributed by atoms with van der Waals surface area (Å²) in [6.07, 6.45) is 3.74. The molecule has 1 aromatic rings. The number of amides is 1. The SMILES string of the molecule is C=CCNC(=O)c1ccc(N2CCCC(C)C2)c([N+](=O)[O-])c1. The molecular formula is C16H21N3O3. The number of nitro benzene ring substituents is 1. The van der Waals surface area contributed by atoms with Gasteiger partial charge in [0.15, 0.2) is 0 Å². The number of hydrogen-bond donors (Lipinski definition) is 1. The maximum atomic E-state index is 11.9. The van der Waals surface area contributed by atoms with Gasteiger partial charge >= 0.3 is 0 Å². The molecule has 1 fully saturated rings. The Bertz CT molecular complexity index is 586. The smallest absolute Gasteiger partial charge is 0.293 e. The third-order valence-electron chi connectivity index (χ3n) is 3.84. The minimum Gasteiger partial charge on any atom is -0.366 e. The molecule has 0 radical (unpaired) electrons. The van der Waals surface area contributed by atoms with Crippen LogP contribution in [0.5, 0.6) is 0 Å². The van der Waals surface area contributed by atoms with Gasteiger partial charge in [0.25, 0.3) is 11.6 Å². The van der Waals surface area contributed by atoms with Gasteiger partial charge in [-0.1, -0.05) is 13.0 Å². The molecule has 1 heterocycles. The maximum Gasteiger partial charge on any atom is 0.293 e. The number of benzene rings is 1. The monoisotopic (exact) mass is 303 g/mol. The molecule has 2 rings (SSSR count). The van der Waals surface area contributed by atoms with Crippen molar-refractivity contribution < 1.29 is 9.72 Å². The molecule has 1 atom stereocenters. The van der Waals surface area contributed by atoms with Gasteiger partial charge in [-0.3, -0.25) is 14.9 Å². The quantitative estimate of drug-likeness (QED) is 0.515. The van der Waals surface area contributed by atoms with Crippen molar-refractivity contribution in [1.29, 1.82) is 0 Å². The first-order chi connectivity index (χ1) is 10.5. The summed E-state index contributed by atoms with van der Waals surface area (Å²) < 4.78 is 0. The third-order valence-corrected chi connectivity index (χ3v) is 3.84. The summed E-state index contributed by atoms with van der Waals surface area (Å²) in [5.41, 5.74) is 0.875. The van der Waals surface area contributed by atoms with E-state index in [1.165, 1.54) is 6.07 Å². The van der Waals surface area contributed by atoms with Crippen molar-refractivity contribution in [1.82, 2.24) is 5.32 Å². The predicted molar refractivity (Wildman–Crippen MR) is 86.2 cm³/mol. The lowest BCUT2D eigenvalue weighted by Crippen LogP contribution is -2.34. The van der Waals surface area contributed by atoms with Gasteiger partial charge in [0.05, 0.1) is 4.92 Å². The molecule has 1 N–H and O–H groups in total. The average molecular weight is 303 g/mol. The molecule has 1 saturated heterocycles. The lowest BCUT2D eigenvalue weighted by Gasteiger charge is -2.32. The minimum atomic E-state index is -0.418. The second kappa shape index (κ2) is 7.06. The van der Waals surface area contributed by atoms with Crippen LogP contribution in [0.1, 0.15) is 30.1 Å². The second-order valence-corrected chi connectivity index (χ2v) is 5.65. The van der Waals surface area contributed by atoms with Gasteiger partial charge in [-0.25, -0.2) is 0 Å². The fourth-order valence-corrected chi connectivity index (χ4v) is 2.75. The van der Waals surface area contributed by atoms with E-state index in [4.69, 9.17) is 0 Å². The molecule has 118 valence electrons. The molecule has 0 saturated carbocycles. The van der Waals surface area contributed by atoms with Crippen LogP contribution in [0, 0.1) is 16.0 Å². The number of nitrogens with zero attached hydrogens (tertiary/aromatic N) is 2. The van der Waals surface area contributed by atoms with E-state index in [2.05, 4.69) is 18.8 Å². The number of rotatable bonds is 5. The first kappa shape index (κ1) is 16.0. The van der Waals surface area contributed by atoms with Crippen LogP contribution in [-0.2, 0) is 0 Å². The zero-order valence-electron chi connectivity index (χ0n) is 12.7. The summed E-state index contributed by atoms with van der Waals surface area (Å²) in [4.78, 5) is 24.9. The molecular weight excluding hydrogens is 282 g/mol. The van der Waals surface area contributed by atoms with E-state index in [0.717, 1.165) is 25.9 Å². The topological polar surface area (TPSA) is 75.5 Å². The maximum absolute atomic E-state index is 11.9. The Labute approximate surface area is 130 Å². The zero-order valence-corrected chi connectivity index (χ0v) is 12.7. The van der Waals surface area contributed by atoms with Crippen molar-refractivity contribution in [2.45, 2.75) is 19.8 Å². The van der Waals surface area contributed by atoms with Crippen LogP contribution in [0.3, 0.4) is 0 Å². The van der Waals surface area contributed by atoms with Crippen LogP contribution in [0.15, 0.2) is 30.9 Å². The molecule has 0 aromatic heterocycles. The lowest BCUT2D eigenvalue weighted by molar-refractivity contribution is -0.384. The van der Waals surface area contributed by atoms with Crippen LogP contribution >= 0.6 is 0 Å². The van der Waals surface area contributed by atoms with Gasteiger partial charge in [0.1, 0.15) is 5.69 Å². The van der Waals surface area contributed by atoms with Gasteiger partial charge in [0.2, 0.25) is 0 Å². The van der Waals surface area contributed by atoms with E-state index < -0.39 is 4.92 Å². The number of anilines is 1. The van der Waals surface area contributed by atoms with Crippen molar-refractivity contribution in [3.05, 3.63) is 46.5 Å². The third kappa shape index (κ3) is 3.63. The van der Waals surface area contributed by atoms with E-state index in [9.17, 15) is 14.9 Å². The van der Waals surface area contributed by atoms with Gasteiger partial charge in [-0.15, -0.1) is 6.58 Å². The number of carbonyl (C=O) groups excluding carboxylic acids is 1. The highest BCUT2D eigenvalue weighted by Gasteiger charge is 2.25. The summed E-state index contributed by atoms with van der Waals surface area (Å²) in [5.74, 6) is 0.186. The highest BCUT2D eigenvalue weighted by Crippen LogP contribution is 2.32. The van der Waals surface area contributed by atoms with E-state index in [0.29, 0.717) is 23.7 Å². The summed E-state index contributed by atoms with van der Waals surface area (Å²) in [6.45, 7) is 7.63. The number of piperidine rings is 1. The Morgan fingerprint density at radius 1 is 1.59 bits per heavy atom. The summed E-state index contributed by atoms with van der Waals surface area (Å²) in [5, 5.41) is 14.0. The van der Waals surface area contributed by atoms with Crippen molar-refractivity contribution in [3.8, 4) is 0 Å². The van der Waals surface area contributed by atoms with E-state index in [1.807, 2.05) is 4.90 Å². The number of nitrogens with one attached hydrogen (secondary N) is 1. The summed E-state index contributed by atoms with van der Waals surface area (Å²) in [7, 11) is 0. The Hall–Kier alpha value is -2.37. The summed E-state index contributed by atoms with van der Waals surface area (Å²) >= 11 is 0. The standard InChI is InChI=1S/C16H21N3O3/c1-3-8-17-16(20)13-6-7-14(15(10-13)19(21)22)18-9-4-5-12(2)11-18/h3,6-7,10,12H,1,4-5,8-9,11H2,2H3,(H,17,20). The molecule has 1 aliphatic rings. The minimum absolute atomic E-state index is 0.0136. The molecule has 1 unspecified atom stereocenters. The van der Waals surface area contributed by atoms with Crippen molar-refractivity contribution in [2.24, 2.45) is 5.92 Å². The lowest BCUT2D eigenvalue weighted by atomic mass is 9.99. The second-order valence-electron chi connectivity index (χ2n) is 5.65. The van der Waals surface area contributed by atoms with E-state index in [-0.39, 0.29) is 11.6 Å². The van der Waals surface area contributed by atoms with Crippen LogP contribution < -0.4 is 10.2 Å². The molecule has 1 aliphatic heterocycles. The Morgan fingerprint density at radius 2 is 2.36 bits per heavy atom.